The molecule has 0 radical (unpaired) electrons. The van der Waals surface area contributed by atoms with Gasteiger partial charge in [-0.3, -0.25) is 0 Å². The van der Waals surface area contributed by atoms with E-state index in [9.17, 15) is 0 Å². The third kappa shape index (κ3) is 4.49. The van der Waals surface area contributed by atoms with Gasteiger partial charge in [0.05, 0.1) is 0 Å². The lowest BCUT2D eigenvalue weighted by Crippen LogP contribution is -2.27. The van der Waals surface area contributed by atoms with E-state index in [0.717, 1.165) is 30.4 Å². The van der Waals surface area contributed by atoms with Crippen LogP contribution in [0.3, 0.4) is 0 Å². The molecule has 0 bridgehead atoms. The minimum atomic E-state index is 0.207. The molecule has 0 aliphatic carbocycles. The lowest BCUT2D eigenvalue weighted by atomic mass is 10.2. The molecule has 0 spiro atoms. The molecule has 5 heteroatoms. The monoisotopic (exact) mass is 251 g/mol. The van der Waals surface area contributed by atoms with Crippen molar-refractivity contribution in [1.82, 2.24) is 9.97 Å². The largest absolute Gasteiger partial charge is 0.370 e. The molecule has 1 aromatic rings. The van der Waals surface area contributed by atoms with Gasteiger partial charge < -0.3 is 16.0 Å². The first-order valence-electron chi connectivity index (χ1n) is 6.48. The molecule has 1 atom stereocenters. The van der Waals surface area contributed by atoms with Gasteiger partial charge in [-0.2, -0.15) is 0 Å². The Morgan fingerprint density at radius 1 is 1.33 bits per heavy atom. The summed E-state index contributed by atoms with van der Waals surface area (Å²) in [6, 6.07) is 2.60. The normalized spacial score (nSPS) is 12.6. The van der Waals surface area contributed by atoms with E-state index in [1.807, 2.05) is 27.0 Å². The number of hydrogen-bond acceptors (Lipinski definition) is 5. The standard InChI is InChI=1S/C13H25N5/c1-9(2)18(5)13-8-12(16-11(4)17-13)15-7-6-10(3)14/h8-10H,6-7,14H2,1-5H3,(H,15,16,17). The van der Waals surface area contributed by atoms with Crippen molar-refractivity contribution in [2.75, 3.05) is 23.8 Å². The van der Waals surface area contributed by atoms with Gasteiger partial charge in [0.1, 0.15) is 17.5 Å². The van der Waals surface area contributed by atoms with Crippen LogP contribution in [0.4, 0.5) is 11.6 Å². The highest BCUT2D eigenvalue weighted by atomic mass is 15.2. The molecule has 0 fully saturated rings. The summed E-state index contributed by atoms with van der Waals surface area (Å²) >= 11 is 0. The number of anilines is 2. The number of nitrogens with zero attached hydrogens (tertiary/aromatic N) is 3. The molecule has 0 saturated heterocycles. The lowest BCUT2D eigenvalue weighted by Gasteiger charge is -2.23. The summed E-state index contributed by atoms with van der Waals surface area (Å²) in [5, 5.41) is 3.29. The second-order valence-electron chi connectivity index (χ2n) is 5.06. The molecule has 1 aromatic heterocycles. The van der Waals surface area contributed by atoms with E-state index >= 15 is 0 Å². The minimum absolute atomic E-state index is 0.207. The van der Waals surface area contributed by atoms with Gasteiger partial charge in [0.2, 0.25) is 0 Å². The van der Waals surface area contributed by atoms with Gasteiger partial charge in [-0.1, -0.05) is 0 Å². The average molecular weight is 251 g/mol. The molecule has 0 amide bonds. The van der Waals surface area contributed by atoms with Crippen LogP contribution in [0.15, 0.2) is 6.07 Å². The van der Waals surface area contributed by atoms with Crippen LogP contribution in [0.2, 0.25) is 0 Å². The molecule has 0 aliphatic rings. The molecule has 1 heterocycles. The minimum Gasteiger partial charge on any atom is -0.370 e. The fraction of sp³-hybridized carbons (Fsp3) is 0.692. The van der Waals surface area contributed by atoms with Gasteiger partial charge in [-0.15, -0.1) is 0 Å². The Bertz CT molecular complexity index is 376. The summed E-state index contributed by atoms with van der Waals surface area (Å²) in [6.45, 7) is 9.03. The second-order valence-corrected chi connectivity index (χ2v) is 5.06. The number of nitrogens with one attached hydrogen (secondary N) is 1. The van der Waals surface area contributed by atoms with Crippen molar-refractivity contribution in [1.29, 1.82) is 0 Å². The highest BCUT2D eigenvalue weighted by Crippen LogP contribution is 2.16. The summed E-state index contributed by atoms with van der Waals surface area (Å²) in [5.41, 5.74) is 5.72. The lowest BCUT2D eigenvalue weighted by molar-refractivity contribution is 0.688. The molecule has 3 N–H and O–H groups in total. The second kappa shape index (κ2) is 6.54. The zero-order valence-electron chi connectivity index (χ0n) is 12.1. The maximum Gasteiger partial charge on any atom is 0.134 e. The molecule has 1 rings (SSSR count). The molecular weight excluding hydrogens is 226 g/mol. The van der Waals surface area contributed by atoms with E-state index in [2.05, 4.69) is 34.0 Å². The number of nitrogens with two attached hydrogens (primary N) is 1. The SMILES string of the molecule is Cc1nc(NCCC(C)N)cc(N(C)C(C)C)n1. The van der Waals surface area contributed by atoms with Gasteiger partial charge >= 0.3 is 0 Å². The Labute approximate surface area is 110 Å². The third-order valence-corrected chi connectivity index (χ3v) is 2.87. The van der Waals surface area contributed by atoms with Crippen LogP contribution in [0.5, 0.6) is 0 Å². The van der Waals surface area contributed by atoms with Crippen LogP contribution in [-0.4, -0.2) is 35.6 Å². The van der Waals surface area contributed by atoms with Gasteiger partial charge in [-0.25, -0.2) is 9.97 Å². The predicted octanol–water partition coefficient (Wildman–Crippen LogP) is 1.78. The Hall–Kier alpha value is -1.36. The zero-order chi connectivity index (χ0) is 13.7. The van der Waals surface area contributed by atoms with Gasteiger partial charge in [0.25, 0.3) is 0 Å². The molecule has 0 aromatic carbocycles. The van der Waals surface area contributed by atoms with E-state index < -0.39 is 0 Å². The van der Waals surface area contributed by atoms with E-state index in [4.69, 9.17) is 5.73 Å². The van der Waals surface area contributed by atoms with Crippen molar-refractivity contribution in [3.63, 3.8) is 0 Å². The molecule has 5 nitrogen and oxygen atoms in total. The van der Waals surface area contributed by atoms with E-state index in [1.165, 1.54) is 0 Å². The first kappa shape index (κ1) is 14.7. The van der Waals surface area contributed by atoms with Crippen LogP contribution < -0.4 is 16.0 Å². The van der Waals surface area contributed by atoms with Crippen LogP contribution in [0.25, 0.3) is 0 Å². The van der Waals surface area contributed by atoms with Crippen LogP contribution in [0.1, 0.15) is 33.0 Å². The highest BCUT2D eigenvalue weighted by Gasteiger charge is 2.09. The Morgan fingerprint density at radius 2 is 2.00 bits per heavy atom. The number of rotatable bonds is 6. The van der Waals surface area contributed by atoms with Crippen molar-refractivity contribution < 1.29 is 0 Å². The van der Waals surface area contributed by atoms with E-state index in [1.54, 1.807) is 0 Å². The summed E-state index contributed by atoms with van der Waals surface area (Å²) in [5.74, 6) is 2.59. The summed E-state index contributed by atoms with van der Waals surface area (Å²) in [4.78, 5) is 11.0. The average Bonchev–Trinajstić information content (AvgIpc) is 2.26. The smallest absolute Gasteiger partial charge is 0.134 e. The van der Waals surface area contributed by atoms with Gasteiger partial charge in [0.15, 0.2) is 0 Å². The number of hydrogen-bond donors (Lipinski definition) is 2. The van der Waals surface area contributed by atoms with Crippen LogP contribution in [0, 0.1) is 6.92 Å². The molecule has 0 saturated carbocycles. The zero-order valence-corrected chi connectivity index (χ0v) is 12.1. The Kier molecular flexibility index (Phi) is 5.34. The van der Waals surface area contributed by atoms with Crippen molar-refractivity contribution >= 4 is 11.6 Å². The van der Waals surface area contributed by atoms with Crippen LogP contribution >= 0.6 is 0 Å². The van der Waals surface area contributed by atoms with Crippen molar-refractivity contribution in [3.8, 4) is 0 Å². The number of aromatic nitrogens is 2. The first-order chi connectivity index (χ1) is 8.40. The maximum atomic E-state index is 5.72. The fourth-order valence-corrected chi connectivity index (χ4v) is 1.52. The third-order valence-electron chi connectivity index (χ3n) is 2.87. The number of aryl methyl sites for hydroxylation is 1. The summed E-state index contributed by atoms with van der Waals surface area (Å²) in [6.07, 6.45) is 0.929. The van der Waals surface area contributed by atoms with Gasteiger partial charge in [-0.05, 0) is 34.1 Å². The van der Waals surface area contributed by atoms with E-state index in [-0.39, 0.29) is 6.04 Å². The van der Waals surface area contributed by atoms with Crippen molar-refractivity contribution in [2.45, 2.75) is 46.2 Å². The van der Waals surface area contributed by atoms with Crippen molar-refractivity contribution in [2.24, 2.45) is 5.73 Å². The Morgan fingerprint density at radius 3 is 2.56 bits per heavy atom. The maximum absolute atomic E-state index is 5.72. The predicted molar refractivity (Wildman–Crippen MR) is 77.1 cm³/mol. The van der Waals surface area contributed by atoms with Gasteiger partial charge in [0, 0.05) is 31.7 Å². The topological polar surface area (TPSA) is 67.1 Å². The summed E-state index contributed by atoms with van der Waals surface area (Å²) < 4.78 is 0. The quantitative estimate of drug-likeness (QED) is 0.806. The highest BCUT2D eigenvalue weighted by molar-refractivity contribution is 5.49. The molecule has 1 unspecified atom stereocenters. The summed E-state index contributed by atoms with van der Waals surface area (Å²) in [7, 11) is 2.04. The molecule has 18 heavy (non-hydrogen) atoms. The first-order valence-corrected chi connectivity index (χ1v) is 6.48. The van der Waals surface area contributed by atoms with Crippen molar-refractivity contribution in [3.05, 3.63) is 11.9 Å². The molecular formula is C13H25N5. The fourth-order valence-electron chi connectivity index (χ4n) is 1.52. The molecule has 0 aliphatic heterocycles. The van der Waals surface area contributed by atoms with Crippen LogP contribution in [-0.2, 0) is 0 Å². The van der Waals surface area contributed by atoms with E-state index in [0.29, 0.717) is 6.04 Å². The Balaban J connectivity index is 2.74. The molecule has 102 valence electrons.